The van der Waals surface area contributed by atoms with E-state index in [-0.39, 0.29) is 10.5 Å². The van der Waals surface area contributed by atoms with Gasteiger partial charge in [0, 0.05) is 21.1 Å². The molecule has 1 amide bonds. The van der Waals surface area contributed by atoms with Gasteiger partial charge < -0.3 is 10.1 Å². The average molecular weight is 408 g/mol. The number of carbonyl (C=O) groups excluding carboxylic acids is 2. The van der Waals surface area contributed by atoms with Gasteiger partial charge in [-0.1, -0.05) is 6.07 Å². The van der Waals surface area contributed by atoms with Gasteiger partial charge in [0.1, 0.15) is 0 Å². The minimum Gasteiger partial charge on any atom is -0.452 e. The quantitative estimate of drug-likeness (QED) is 0.723. The first-order valence-corrected chi connectivity index (χ1v) is 9.89. The monoisotopic (exact) mass is 408 g/mol. The second-order valence-electron chi connectivity index (χ2n) is 6.56. The number of aromatic nitrogens is 2. The van der Waals surface area contributed by atoms with Gasteiger partial charge in [0.25, 0.3) is 5.91 Å². The van der Waals surface area contributed by atoms with Crippen molar-refractivity contribution in [1.82, 2.24) is 14.1 Å². The van der Waals surface area contributed by atoms with E-state index in [9.17, 15) is 18.0 Å². The summed E-state index contributed by atoms with van der Waals surface area (Å²) in [6, 6.07) is 4.19. The van der Waals surface area contributed by atoms with Crippen molar-refractivity contribution < 1.29 is 22.7 Å². The van der Waals surface area contributed by atoms with E-state index in [0.717, 1.165) is 10.00 Å². The van der Waals surface area contributed by atoms with Gasteiger partial charge in [0.15, 0.2) is 6.61 Å². The number of sulfonamides is 1. The number of ether oxygens (including phenoxy) is 1. The summed E-state index contributed by atoms with van der Waals surface area (Å²) < 4.78 is 32.3. The first-order chi connectivity index (χ1) is 12.9. The molecule has 0 spiro atoms. The number of hydrogen-bond acceptors (Lipinski definition) is 6. The molecule has 0 atom stereocenters. The lowest BCUT2D eigenvalue weighted by Gasteiger charge is -2.13. The minimum absolute atomic E-state index is 0.0267. The first kappa shape index (κ1) is 21.6. The predicted octanol–water partition coefficient (Wildman–Crippen LogP) is 1.39. The Morgan fingerprint density at radius 1 is 1.21 bits per heavy atom. The third-order valence-electron chi connectivity index (χ3n) is 4.32. The Labute approximate surface area is 164 Å². The zero-order valence-electron chi connectivity index (χ0n) is 16.7. The number of nitrogens with zero attached hydrogens (tertiary/aromatic N) is 3. The fourth-order valence-electron chi connectivity index (χ4n) is 2.53. The van der Waals surface area contributed by atoms with Crippen molar-refractivity contribution in [3.8, 4) is 0 Å². The molecule has 0 bridgehead atoms. The molecule has 0 unspecified atom stereocenters. The molecular formula is C18H24N4O5S. The molecule has 1 N–H and O–H groups in total. The Bertz CT molecular complexity index is 1020. The zero-order valence-corrected chi connectivity index (χ0v) is 17.5. The van der Waals surface area contributed by atoms with E-state index >= 15 is 0 Å². The molecule has 0 aliphatic rings. The van der Waals surface area contributed by atoms with E-state index in [1.165, 1.54) is 32.3 Å². The summed E-state index contributed by atoms with van der Waals surface area (Å²) in [7, 11) is 0.873. The van der Waals surface area contributed by atoms with Crippen molar-refractivity contribution in [2.45, 2.75) is 25.7 Å². The highest BCUT2D eigenvalue weighted by molar-refractivity contribution is 7.89. The van der Waals surface area contributed by atoms with Crippen molar-refractivity contribution in [3.63, 3.8) is 0 Å². The van der Waals surface area contributed by atoms with Crippen LogP contribution in [0, 0.1) is 20.8 Å². The van der Waals surface area contributed by atoms with Crippen LogP contribution in [0.25, 0.3) is 0 Å². The molecule has 10 heteroatoms. The van der Waals surface area contributed by atoms with E-state index in [1.54, 1.807) is 25.6 Å². The maximum atomic E-state index is 12.4. The number of benzene rings is 1. The zero-order chi connectivity index (χ0) is 21.2. The lowest BCUT2D eigenvalue weighted by Crippen LogP contribution is -2.24. The molecule has 0 fully saturated rings. The van der Waals surface area contributed by atoms with Crippen LogP contribution in [0.2, 0.25) is 0 Å². The number of rotatable bonds is 6. The molecule has 9 nitrogen and oxygen atoms in total. The van der Waals surface area contributed by atoms with Gasteiger partial charge in [-0.15, -0.1) is 0 Å². The second-order valence-corrected chi connectivity index (χ2v) is 8.71. The molecule has 2 rings (SSSR count). The maximum Gasteiger partial charge on any atom is 0.338 e. The second kappa shape index (κ2) is 8.11. The van der Waals surface area contributed by atoms with E-state index in [4.69, 9.17) is 4.74 Å². The molecule has 0 saturated carbocycles. The molecule has 2 aromatic rings. The number of amides is 1. The lowest BCUT2D eigenvalue weighted by molar-refractivity contribution is -0.119. The van der Waals surface area contributed by atoms with Gasteiger partial charge in [-0.25, -0.2) is 17.5 Å². The summed E-state index contributed by atoms with van der Waals surface area (Å²) in [5, 5.41) is 6.87. The summed E-state index contributed by atoms with van der Waals surface area (Å²) in [5.41, 5.74) is 2.62. The Kier molecular flexibility index (Phi) is 6.25. The van der Waals surface area contributed by atoms with Gasteiger partial charge >= 0.3 is 5.97 Å². The van der Waals surface area contributed by atoms with Crippen LogP contribution in [0.4, 0.5) is 5.69 Å². The Morgan fingerprint density at radius 3 is 2.39 bits per heavy atom. The first-order valence-electron chi connectivity index (χ1n) is 8.45. The van der Waals surface area contributed by atoms with Crippen molar-refractivity contribution in [2.75, 3.05) is 26.0 Å². The number of esters is 1. The van der Waals surface area contributed by atoms with Crippen LogP contribution in [0.1, 0.15) is 27.3 Å². The van der Waals surface area contributed by atoms with E-state index < -0.39 is 28.5 Å². The number of carbonyl (C=O) groups is 2. The van der Waals surface area contributed by atoms with Gasteiger partial charge in [0.2, 0.25) is 10.0 Å². The van der Waals surface area contributed by atoms with Crippen LogP contribution >= 0.6 is 0 Å². The molecule has 28 heavy (non-hydrogen) atoms. The number of aryl methyl sites for hydroxylation is 3. The van der Waals surface area contributed by atoms with Crippen LogP contribution in [-0.4, -0.2) is 55.1 Å². The SMILES string of the molecule is Cc1ccc(S(=O)(=O)N(C)C)cc1C(=O)OCC(=O)Nc1c(C)nn(C)c1C. The molecule has 0 aliphatic carbocycles. The molecule has 0 saturated heterocycles. The average Bonchev–Trinajstić information content (AvgIpc) is 2.85. The number of anilines is 1. The van der Waals surface area contributed by atoms with E-state index in [2.05, 4.69) is 10.4 Å². The fourth-order valence-corrected chi connectivity index (χ4v) is 3.46. The standard InChI is InChI=1S/C18H24N4O5S/c1-11-7-8-14(28(25,26)21(4)5)9-15(11)18(24)27-10-16(23)19-17-12(2)20-22(6)13(17)3/h7-9H,10H2,1-6H3,(H,19,23). The van der Waals surface area contributed by atoms with E-state index in [1.807, 2.05) is 6.92 Å². The van der Waals surface area contributed by atoms with Gasteiger partial charge in [0.05, 0.1) is 27.5 Å². The molecule has 1 aromatic heterocycles. The van der Waals surface area contributed by atoms with Crippen LogP contribution in [0.3, 0.4) is 0 Å². The van der Waals surface area contributed by atoms with Crippen molar-refractivity contribution in [2.24, 2.45) is 7.05 Å². The molecular weight excluding hydrogens is 384 g/mol. The Hall–Kier alpha value is -2.72. The molecule has 152 valence electrons. The summed E-state index contributed by atoms with van der Waals surface area (Å²) in [4.78, 5) is 24.5. The fraction of sp³-hybridized carbons (Fsp3) is 0.389. The van der Waals surface area contributed by atoms with Crippen molar-refractivity contribution in [1.29, 1.82) is 0 Å². The van der Waals surface area contributed by atoms with E-state index in [0.29, 0.717) is 16.9 Å². The maximum absolute atomic E-state index is 12.4. The number of nitrogens with one attached hydrogen (secondary N) is 1. The summed E-state index contributed by atoms with van der Waals surface area (Å²) in [5.74, 6) is -1.29. The van der Waals surface area contributed by atoms with Crippen LogP contribution < -0.4 is 5.32 Å². The molecule has 1 heterocycles. The topological polar surface area (TPSA) is 111 Å². The predicted molar refractivity (Wildman–Crippen MR) is 104 cm³/mol. The molecule has 0 radical (unpaired) electrons. The highest BCUT2D eigenvalue weighted by Gasteiger charge is 2.21. The molecule has 0 aliphatic heterocycles. The highest BCUT2D eigenvalue weighted by Crippen LogP contribution is 2.20. The Morgan fingerprint density at radius 2 is 1.86 bits per heavy atom. The normalized spacial score (nSPS) is 11.5. The summed E-state index contributed by atoms with van der Waals surface area (Å²) in [6.07, 6.45) is 0. The van der Waals surface area contributed by atoms with Gasteiger partial charge in [-0.3, -0.25) is 9.48 Å². The number of hydrogen-bond donors (Lipinski definition) is 1. The van der Waals surface area contributed by atoms with Crippen molar-refractivity contribution in [3.05, 3.63) is 40.7 Å². The summed E-state index contributed by atoms with van der Waals surface area (Å²) in [6.45, 7) is 4.72. The Balaban J connectivity index is 2.12. The lowest BCUT2D eigenvalue weighted by atomic mass is 10.1. The molecule has 1 aromatic carbocycles. The third-order valence-corrected chi connectivity index (χ3v) is 6.13. The van der Waals surface area contributed by atoms with Crippen molar-refractivity contribution >= 4 is 27.6 Å². The third kappa shape index (κ3) is 4.39. The van der Waals surface area contributed by atoms with Crippen LogP contribution in [0.5, 0.6) is 0 Å². The van der Waals surface area contributed by atoms with Gasteiger partial charge in [-0.05, 0) is 38.5 Å². The van der Waals surface area contributed by atoms with Crippen LogP contribution in [0.15, 0.2) is 23.1 Å². The van der Waals surface area contributed by atoms with Crippen LogP contribution in [-0.2, 0) is 26.6 Å². The highest BCUT2D eigenvalue weighted by atomic mass is 32.2. The smallest absolute Gasteiger partial charge is 0.338 e. The largest absolute Gasteiger partial charge is 0.452 e. The summed E-state index contributed by atoms with van der Waals surface area (Å²) >= 11 is 0. The minimum atomic E-state index is -3.69. The van der Waals surface area contributed by atoms with Gasteiger partial charge in [-0.2, -0.15) is 5.10 Å².